The van der Waals surface area contributed by atoms with Gasteiger partial charge in [-0.1, -0.05) is 0 Å². The van der Waals surface area contributed by atoms with Crippen molar-refractivity contribution < 1.29 is 168 Å². The Morgan fingerprint density at radius 3 is 0.654 bits per heavy atom. The molecule has 1 aromatic rings. The zero-order valence-corrected chi connectivity index (χ0v) is 42.4. The molecule has 36 heteroatoms. The van der Waals surface area contributed by atoms with Gasteiger partial charge in [0.2, 0.25) is 0 Å². The van der Waals surface area contributed by atoms with Crippen LogP contribution in [0.1, 0.15) is 6.04 Å². The minimum Gasteiger partial charge on any atom is -0.394 e. The number of aliphatic hydroxyl groups is 20. The fourth-order valence-corrected chi connectivity index (χ4v) is 11.2. The third kappa shape index (κ3) is 12.3. The van der Waals surface area contributed by atoms with Gasteiger partial charge in [0.1, 0.15) is 165 Å². The molecule has 81 heavy (non-hydrogen) atoms. The first kappa shape index (κ1) is 63.4. The maximum Gasteiger partial charge on any atom is 0.187 e. The molecular formula is C45H72N2O34. The van der Waals surface area contributed by atoms with Crippen molar-refractivity contribution in [2.75, 3.05) is 46.2 Å². The quantitative estimate of drug-likeness (QED) is 0.115. The molecule has 35 atom stereocenters. The van der Waals surface area contributed by atoms with Crippen molar-refractivity contribution in [1.82, 2.24) is 9.55 Å². The van der Waals surface area contributed by atoms with Gasteiger partial charge in [-0.15, -0.1) is 0 Å². The Morgan fingerprint density at radius 1 is 0.259 bits per heavy atom. The maximum atomic E-state index is 12.0. The van der Waals surface area contributed by atoms with Crippen LogP contribution in [0.2, 0.25) is 0 Å². The monoisotopic (exact) mass is 1180 g/mol. The third-order valence-corrected chi connectivity index (χ3v) is 15.7. The number of aromatic nitrogens is 2. The number of imidazole rings is 1. The second kappa shape index (κ2) is 26.9. The smallest absolute Gasteiger partial charge is 0.187 e. The molecule has 0 amide bonds. The molecule has 1 aromatic heterocycles. The average molecular weight is 1190 g/mol. The lowest BCUT2D eigenvalue weighted by molar-refractivity contribution is -0.396. The summed E-state index contributed by atoms with van der Waals surface area (Å²) in [5.41, 5.74) is 0. The normalized spacial score (nSPS) is 53.2. The van der Waals surface area contributed by atoms with Crippen LogP contribution in [0.15, 0.2) is 18.7 Å². The maximum absolute atomic E-state index is 12.0. The molecule has 0 saturated carbocycles. The molecule has 0 aliphatic carbocycles. The lowest BCUT2D eigenvalue weighted by Crippen LogP contribution is -2.68. The van der Waals surface area contributed by atoms with Crippen LogP contribution in [-0.4, -0.2) is 367 Å². The van der Waals surface area contributed by atoms with E-state index in [1.807, 2.05) is 0 Å². The van der Waals surface area contributed by atoms with Crippen LogP contribution in [0, 0.1) is 0 Å². The van der Waals surface area contributed by atoms with Crippen molar-refractivity contribution in [3.05, 3.63) is 18.7 Å². The van der Waals surface area contributed by atoms with Crippen molar-refractivity contribution >= 4 is 0 Å². The molecule has 0 unspecified atom stereocenters. The molecule has 0 aromatic carbocycles. The summed E-state index contributed by atoms with van der Waals surface area (Å²) in [6, 6.07) is -1.46. The van der Waals surface area contributed by atoms with E-state index in [1.54, 1.807) is 0 Å². The van der Waals surface area contributed by atoms with E-state index in [0.29, 0.717) is 0 Å². The van der Waals surface area contributed by atoms with E-state index >= 15 is 0 Å². The zero-order chi connectivity index (χ0) is 58.5. The van der Waals surface area contributed by atoms with E-state index in [9.17, 15) is 102 Å². The highest BCUT2D eigenvalue weighted by Crippen LogP contribution is 2.41. The molecule has 36 nitrogen and oxygen atoms in total. The number of rotatable bonds is 8. The lowest BCUT2D eigenvalue weighted by Gasteiger charge is -2.50. The summed E-state index contributed by atoms with van der Waals surface area (Å²) in [4.78, 5) is 3.99. The van der Waals surface area contributed by atoms with Gasteiger partial charge in [-0.25, -0.2) is 4.98 Å². The Kier molecular flexibility index (Phi) is 21.0. The van der Waals surface area contributed by atoms with Crippen LogP contribution in [0.3, 0.4) is 0 Å². The summed E-state index contributed by atoms with van der Waals surface area (Å²) >= 11 is 0. The molecular weight excluding hydrogens is 1110 g/mol. The molecule has 21 aliphatic rings. The van der Waals surface area contributed by atoms with Crippen LogP contribution < -0.4 is 0 Å². The third-order valence-electron chi connectivity index (χ3n) is 15.7. The highest BCUT2D eigenvalue weighted by molar-refractivity contribution is 5.03. The Morgan fingerprint density at radius 2 is 0.457 bits per heavy atom. The van der Waals surface area contributed by atoms with Gasteiger partial charge in [0.15, 0.2) is 44.0 Å². The van der Waals surface area contributed by atoms with Crippen molar-refractivity contribution in [2.24, 2.45) is 0 Å². The molecule has 21 fully saturated rings. The summed E-state index contributed by atoms with van der Waals surface area (Å²) < 4.78 is 82.5. The van der Waals surface area contributed by atoms with Crippen molar-refractivity contribution in [1.29, 1.82) is 0 Å². The van der Waals surface area contributed by atoms with E-state index < -0.39 is 261 Å². The molecule has 0 spiro atoms. The number of hydrogen-bond donors (Lipinski definition) is 20. The van der Waals surface area contributed by atoms with Gasteiger partial charge in [0.05, 0.1) is 58.6 Å². The lowest BCUT2D eigenvalue weighted by atomic mass is 9.93. The van der Waals surface area contributed by atoms with Crippen LogP contribution in [-0.2, 0) is 66.3 Å². The first-order chi connectivity index (χ1) is 38.7. The van der Waals surface area contributed by atoms with E-state index in [0.717, 1.165) is 0 Å². The highest BCUT2D eigenvalue weighted by atomic mass is 16.8. The predicted octanol–water partition coefficient (Wildman–Crippen LogP) is -14.2. The fourth-order valence-electron chi connectivity index (χ4n) is 11.2. The molecule has 22 rings (SSSR count). The van der Waals surface area contributed by atoms with Crippen LogP contribution in [0.25, 0.3) is 0 Å². The van der Waals surface area contributed by atoms with E-state index in [2.05, 4.69) is 4.98 Å². The SMILES string of the molecule is OC[C@H]1O[C@@H]2O[C@H]3[C@H](O)[C@@H](O)[C@@H](O[C@H]4[C@H](O)[C@@H](O)[C@@H](O[C@H]5[C@H](O)[C@@H](O)[C@@H](O[C@H]6[C@H](O)[C@@H](O)[C@@H](O[C@H]7[C@H](O)[C@@H](O)[C@@H](O[C@H]8[C@@H](n9ccnc9)[C@H](O)[C@@H](O[C@H]1[C@H](O)[C@H]2O)O[C@@H]8CO)O[C@@H]7CO)O[C@@H]6CO)O[C@@H]5CO)O[C@@H]4CO)O[C@@H]3CO. The molecule has 466 valence electrons. The van der Waals surface area contributed by atoms with Gasteiger partial charge in [-0.2, -0.15) is 0 Å². The molecule has 21 aliphatic heterocycles. The first-order valence-electron chi connectivity index (χ1n) is 26.0. The van der Waals surface area contributed by atoms with Crippen molar-refractivity contribution in [2.45, 2.75) is 215 Å². The summed E-state index contributed by atoms with van der Waals surface area (Å²) in [7, 11) is 0. The largest absolute Gasteiger partial charge is 0.394 e. The van der Waals surface area contributed by atoms with E-state index in [1.165, 1.54) is 23.3 Å². The van der Waals surface area contributed by atoms with Crippen LogP contribution >= 0.6 is 0 Å². The number of nitrogens with zero attached hydrogens (tertiary/aromatic N) is 2. The number of hydrogen-bond acceptors (Lipinski definition) is 35. The molecule has 20 N–H and O–H groups in total. The first-order valence-corrected chi connectivity index (χ1v) is 26.0. The zero-order valence-electron chi connectivity index (χ0n) is 42.4. The summed E-state index contributed by atoms with van der Waals surface area (Å²) in [6.45, 7) is -7.15. The van der Waals surface area contributed by atoms with E-state index in [4.69, 9.17) is 66.3 Å². The highest BCUT2D eigenvalue weighted by Gasteiger charge is 2.60. The Labute approximate surface area is 457 Å². The number of aliphatic hydroxyl groups excluding tert-OH is 20. The number of ether oxygens (including phenoxy) is 14. The van der Waals surface area contributed by atoms with Gasteiger partial charge in [0.25, 0.3) is 0 Å². The van der Waals surface area contributed by atoms with Crippen LogP contribution in [0.5, 0.6) is 0 Å². The Bertz CT molecular complexity index is 2080. The van der Waals surface area contributed by atoms with Gasteiger partial charge in [0, 0.05) is 12.4 Å². The minimum atomic E-state index is -2.20. The minimum absolute atomic E-state index is 0.955. The Balaban J connectivity index is 1.02. The van der Waals surface area contributed by atoms with Gasteiger partial charge < -0.3 is 173 Å². The Hall–Kier alpha value is -2.15. The van der Waals surface area contributed by atoms with Crippen molar-refractivity contribution in [3.8, 4) is 0 Å². The van der Waals surface area contributed by atoms with Gasteiger partial charge in [-0.3, -0.25) is 0 Å². The molecule has 21 saturated heterocycles. The van der Waals surface area contributed by atoms with Gasteiger partial charge in [-0.05, 0) is 0 Å². The van der Waals surface area contributed by atoms with E-state index in [-0.39, 0.29) is 0 Å². The average Bonchev–Trinajstić information content (AvgIpc) is 4.09. The second-order valence-electron chi connectivity index (χ2n) is 20.7. The van der Waals surface area contributed by atoms with Crippen molar-refractivity contribution in [3.63, 3.8) is 0 Å². The molecule has 14 bridgehead atoms. The summed E-state index contributed by atoms with van der Waals surface area (Å²) in [5.74, 6) is 0. The van der Waals surface area contributed by atoms with Gasteiger partial charge >= 0.3 is 0 Å². The molecule has 22 heterocycles. The fraction of sp³-hybridized carbons (Fsp3) is 0.933. The predicted molar refractivity (Wildman–Crippen MR) is 244 cm³/mol. The summed E-state index contributed by atoms with van der Waals surface area (Å²) in [5, 5.41) is 222. The molecule has 0 radical (unpaired) electrons. The topological polar surface area (TPSA) is 552 Å². The summed E-state index contributed by atoms with van der Waals surface area (Å²) in [6.07, 6.45) is -63.0. The van der Waals surface area contributed by atoms with Crippen LogP contribution in [0.4, 0.5) is 0 Å². The second-order valence-corrected chi connectivity index (χ2v) is 20.7. The standard InChI is InChI=1S/C45H72N2O34/c48-3-11-32-18(47-2-1-46-10-47)19(55)39(68-11)76-33-12(4-49)70-41(27(63)21(33)57)78-35-14(6-51)72-43(29(65)23(35)59)80-37-16(8-53)74-45(31(67)25(37)61)81-38-17(9-54)73-44(30(66)24(38)60)79-36-15(7-52)71-42(28(64)22(36)58)77-34-13(5-50)69-40(75-32)26(62)20(34)56/h1-2,10-45,48-67H,3-9H2/t11-,12-,13-,14-,15-,16-,17-,18+,19+,20-,21-,22-,23-,24-,25-,26-,27-,28-,29-,30-,31-,32-,33-,34-,35-,36-,37-,38-,39-,40-,41-,42-,43-,44-,45-/m1/s1.